The number of hydrogen-bond donors (Lipinski definition) is 2. The number of aryl methyl sites for hydroxylation is 1. The summed E-state index contributed by atoms with van der Waals surface area (Å²) in [5.41, 5.74) is 6.14. The van der Waals surface area contributed by atoms with Crippen LogP contribution in [0, 0.1) is 13.8 Å². The van der Waals surface area contributed by atoms with Crippen molar-refractivity contribution in [1.82, 2.24) is 20.5 Å². The molecule has 0 atom stereocenters. The van der Waals surface area contributed by atoms with Crippen molar-refractivity contribution < 1.29 is 9.59 Å². The van der Waals surface area contributed by atoms with Crippen LogP contribution in [0.5, 0.6) is 0 Å². The normalized spacial score (nSPS) is 14.6. The molecule has 1 aromatic heterocycles. The van der Waals surface area contributed by atoms with Gasteiger partial charge in [-0.05, 0) is 25.8 Å². The zero-order chi connectivity index (χ0) is 15.4. The van der Waals surface area contributed by atoms with Crippen molar-refractivity contribution in [3.8, 4) is 0 Å². The van der Waals surface area contributed by atoms with Crippen molar-refractivity contribution in [2.45, 2.75) is 46.6 Å². The lowest BCUT2D eigenvalue weighted by Crippen LogP contribution is -2.38. The van der Waals surface area contributed by atoms with E-state index in [4.69, 9.17) is 0 Å². The van der Waals surface area contributed by atoms with E-state index in [2.05, 4.69) is 27.9 Å². The molecular formula is C14H21N5O2. The SMILES string of the molecule is CCc1c(C)nn(CCNC(=O)C2=NNC(=O)CC2)c1C. The smallest absolute Gasteiger partial charge is 0.267 e. The van der Waals surface area contributed by atoms with Gasteiger partial charge < -0.3 is 5.32 Å². The Morgan fingerprint density at radius 3 is 2.71 bits per heavy atom. The molecule has 0 unspecified atom stereocenters. The molecule has 0 saturated heterocycles. The third-order valence-electron chi connectivity index (χ3n) is 3.66. The minimum absolute atomic E-state index is 0.152. The lowest BCUT2D eigenvalue weighted by molar-refractivity contribution is -0.121. The minimum atomic E-state index is -0.229. The van der Waals surface area contributed by atoms with Crippen molar-refractivity contribution >= 4 is 17.5 Å². The number of rotatable bonds is 5. The Labute approximate surface area is 123 Å². The predicted molar refractivity (Wildman–Crippen MR) is 78.9 cm³/mol. The predicted octanol–water partition coefficient (Wildman–Crippen LogP) is 0.445. The van der Waals surface area contributed by atoms with Gasteiger partial charge in [0, 0.05) is 25.1 Å². The summed E-state index contributed by atoms with van der Waals surface area (Å²) < 4.78 is 1.92. The molecule has 1 aliphatic heterocycles. The highest BCUT2D eigenvalue weighted by atomic mass is 16.2. The first-order valence-electron chi connectivity index (χ1n) is 7.19. The van der Waals surface area contributed by atoms with Gasteiger partial charge in [-0.25, -0.2) is 5.43 Å². The number of carbonyl (C=O) groups is 2. The first-order valence-corrected chi connectivity index (χ1v) is 7.19. The second-order valence-corrected chi connectivity index (χ2v) is 5.08. The number of hydrazone groups is 1. The van der Waals surface area contributed by atoms with Crippen LogP contribution in [0.1, 0.15) is 36.7 Å². The van der Waals surface area contributed by atoms with Crippen molar-refractivity contribution in [3.05, 3.63) is 17.0 Å². The molecule has 114 valence electrons. The van der Waals surface area contributed by atoms with Gasteiger partial charge in [0.15, 0.2) is 0 Å². The number of aromatic nitrogens is 2. The molecule has 0 bridgehead atoms. The molecule has 0 radical (unpaired) electrons. The van der Waals surface area contributed by atoms with Crippen molar-refractivity contribution in [1.29, 1.82) is 0 Å². The van der Waals surface area contributed by atoms with E-state index in [1.54, 1.807) is 0 Å². The Hall–Kier alpha value is -2.18. The molecule has 1 aromatic rings. The van der Waals surface area contributed by atoms with Crippen LogP contribution in [-0.4, -0.2) is 33.9 Å². The molecule has 21 heavy (non-hydrogen) atoms. The van der Waals surface area contributed by atoms with E-state index in [-0.39, 0.29) is 11.8 Å². The van der Waals surface area contributed by atoms with E-state index < -0.39 is 0 Å². The fourth-order valence-corrected chi connectivity index (χ4v) is 2.48. The highest BCUT2D eigenvalue weighted by molar-refractivity contribution is 6.39. The summed E-state index contributed by atoms with van der Waals surface area (Å²) in [6, 6.07) is 0. The molecule has 2 N–H and O–H groups in total. The summed E-state index contributed by atoms with van der Waals surface area (Å²) in [6.07, 6.45) is 1.65. The van der Waals surface area contributed by atoms with Crippen LogP contribution in [0.15, 0.2) is 5.10 Å². The van der Waals surface area contributed by atoms with E-state index in [9.17, 15) is 9.59 Å². The van der Waals surface area contributed by atoms with Crippen LogP contribution in [-0.2, 0) is 22.6 Å². The van der Waals surface area contributed by atoms with Crippen LogP contribution in [0.25, 0.3) is 0 Å². The summed E-state index contributed by atoms with van der Waals surface area (Å²) >= 11 is 0. The second kappa shape index (κ2) is 6.51. The molecule has 0 spiro atoms. The van der Waals surface area contributed by atoms with Crippen LogP contribution < -0.4 is 10.7 Å². The van der Waals surface area contributed by atoms with Crippen LogP contribution >= 0.6 is 0 Å². The molecule has 1 aliphatic rings. The summed E-state index contributed by atoms with van der Waals surface area (Å²) in [6.45, 7) is 7.26. The van der Waals surface area contributed by atoms with Crippen molar-refractivity contribution in [2.24, 2.45) is 5.10 Å². The van der Waals surface area contributed by atoms with Crippen LogP contribution in [0.3, 0.4) is 0 Å². The Morgan fingerprint density at radius 2 is 2.14 bits per heavy atom. The zero-order valence-corrected chi connectivity index (χ0v) is 12.7. The van der Waals surface area contributed by atoms with Gasteiger partial charge in [0.2, 0.25) is 5.91 Å². The molecule has 2 heterocycles. The monoisotopic (exact) mass is 291 g/mol. The standard InChI is InChI=1S/C14H21N5O2/c1-4-11-9(2)18-19(10(11)3)8-7-15-14(21)12-5-6-13(20)17-16-12/h4-8H2,1-3H3,(H,15,21)(H,17,20). The number of nitrogens with zero attached hydrogens (tertiary/aromatic N) is 3. The molecule has 0 aliphatic carbocycles. The number of nitrogens with one attached hydrogen (secondary N) is 2. The van der Waals surface area contributed by atoms with E-state index in [0.717, 1.165) is 17.8 Å². The average molecular weight is 291 g/mol. The lowest BCUT2D eigenvalue weighted by atomic mass is 10.1. The Morgan fingerprint density at radius 1 is 1.38 bits per heavy atom. The highest BCUT2D eigenvalue weighted by Gasteiger charge is 2.18. The van der Waals surface area contributed by atoms with Gasteiger partial charge in [-0.15, -0.1) is 0 Å². The van der Waals surface area contributed by atoms with E-state index in [0.29, 0.717) is 31.6 Å². The first-order chi connectivity index (χ1) is 10.0. The zero-order valence-electron chi connectivity index (χ0n) is 12.7. The summed E-state index contributed by atoms with van der Waals surface area (Å²) in [7, 11) is 0. The minimum Gasteiger partial charge on any atom is -0.349 e. The Balaban J connectivity index is 1.87. The first kappa shape index (κ1) is 15.2. The quantitative estimate of drug-likeness (QED) is 0.825. The van der Waals surface area contributed by atoms with E-state index >= 15 is 0 Å². The van der Waals surface area contributed by atoms with Gasteiger partial charge in [0.1, 0.15) is 5.71 Å². The molecule has 2 rings (SSSR count). The Bertz CT molecular complexity index is 588. The van der Waals surface area contributed by atoms with Gasteiger partial charge in [-0.3, -0.25) is 14.3 Å². The van der Waals surface area contributed by atoms with Gasteiger partial charge in [0.25, 0.3) is 5.91 Å². The molecule has 7 heteroatoms. The summed E-state index contributed by atoms with van der Waals surface area (Å²) in [5, 5.41) is 11.1. The van der Waals surface area contributed by atoms with Gasteiger partial charge in [-0.1, -0.05) is 6.92 Å². The highest BCUT2D eigenvalue weighted by Crippen LogP contribution is 2.12. The lowest BCUT2D eigenvalue weighted by Gasteiger charge is -2.12. The third-order valence-corrected chi connectivity index (χ3v) is 3.66. The summed E-state index contributed by atoms with van der Waals surface area (Å²) in [5.74, 6) is -0.381. The van der Waals surface area contributed by atoms with Gasteiger partial charge in [0.05, 0.1) is 12.2 Å². The fourth-order valence-electron chi connectivity index (χ4n) is 2.48. The molecule has 2 amide bonds. The fraction of sp³-hybridized carbons (Fsp3) is 0.571. The largest absolute Gasteiger partial charge is 0.349 e. The molecule has 0 fully saturated rings. The van der Waals surface area contributed by atoms with Gasteiger partial charge in [-0.2, -0.15) is 10.2 Å². The number of amides is 2. The summed E-state index contributed by atoms with van der Waals surface area (Å²) in [4.78, 5) is 22.9. The second-order valence-electron chi connectivity index (χ2n) is 5.08. The van der Waals surface area contributed by atoms with Crippen LogP contribution in [0.4, 0.5) is 0 Å². The maximum absolute atomic E-state index is 11.9. The molecular weight excluding hydrogens is 270 g/mol. The van der Waals surface area contributed by atoms with Crippen LogP contribution in [0.2, 0.25) is 0 Å². The van der Waals surface area contributed by atoms with Crippen molar-refractivity contribution in [2.75, 3.05) is 6.54 Å². The van der Waals surface area contributed by atoms with E-state index in [1.807, 2.05) is 18.5 Å². The average Bonchev–Trinajstić information content (AvgIpc) is 2.73. The topological polar surface area (TPSA) is 88.4 Å². The molecule has 0 saturated carbocycles. The number of hydrogen-bond acceptors (Lipinski definition) is 4. The Kier molecular flexibility index (Phi) is 4.72. The maximum atomic E-state index is 11.9. The molecule has 7 nitrogen and oxygen atoms in total. The van der Waals surface area contributed by atoms with E-state index in [1.165, 1.54) is 5.56 Å². The molecule has 0 aromatic carbocycles. The van der Waals surface area contributed by atoms with Gasteiger partial charge >= 0.3 is 0 Å². The third kappa shape index (κ3) is 3.48. The maximum Gasteiger partial charge on any atom is 0.267 e. The van der Waals surface area contributed by atoms with Crippen molar-refractivity contribution in [3.63, 3.8) is 0 Å². The number of carbonyl (C=O) groups excluding carboxylic acids is 2.